The maximum atomic E-state index is 13.4. The highest BCUT2D eigenvalue weighted by Gasteiger charge is 2.27. The second-order valence-electron chi connectivity index (χ2n) is 6.26. The molecule has 0 aliphatic carbocycles. The summed E-state index contributed by atoms with van der Waals surface area (Å²) < 4.78 is 32.1. The number of carbonyl (C=O) groups is 1. The van der Waals surface area contributed by atoms with Gasteiger partial charge in [0.05, 0.1) is 0 Å². The third kappa shape index (κ3) is 3.69. The molecule has 1 amide bonds. The van der Waals surface area contributed by atoms with Crippen LogP contribution in [0.3, 0.4) is 0 Å². The second kappa shape index (κ2) is 5.60. The predicted molar refractivity (Wildman–Crippen MR) is 74.5 cm³/mol. The van der Waals surface area contributed by atoms with E-state index in [4.69, 9.17) is 10.5 Å². The summed E-state index contributed by atoms with van der Waals surface area (Å²) in [6.07, 6.45) is -0.00981. The van der Waals surface area contributed by atoms with Crippen molar-refractivity contribution >= 4 is 6.09 Å². The molecule has 0 aromatic heterocycles. The molecule has 6 heteroatoms. The van der Waals surface area contributed by atoms with Gasteiger partial charge in [-0.25, -0.2) is 13.6 Å². The lowest BCUT2D eigenvalue weighted by atomic mass is 10.00. The number of carbonyl (C=O) groups excluding carboxylic acids is 1. The fourth-order valence-corrected chi connectivity index (χ4v) is 2.30. The van der Waals surface area contributed by atoms with Crippen LogP contribution in [0, 0.1) is 11.6 Å². The van der Waals surface area contributed by atoms with E-state index in [-0.39, 0.29) is 6.54 Å². The van der Waals surface area contributed by atoms with Crippen LogP contribution in [-0.2, 0) is 11.3 Å². The van der Waals surface area contributed by atoms with Crippen molar-refractivity contribution in [3.63, 3.8) is 0 Å². The Bertz CT molecular complexity index is 555. The molecule has 2 rings (SSSR count). The first kappa shape index (κ1) is 15.7. The number of fused-ring (bicyclic) bond motifs is 1. The maximum Gasteiger partial charge on any atom is 0.410 e. The Balaban J connectivity index is 2.27. The van der Waals surface area contributed by atoms with Crippen LogP contribution < -0.4 is 5.73 Å². The molecule has 1 heterocycles. The van der Waals surface area contributed by atoms with Crippen LogP contribution in [0.4, 0.5) is 13.6 Å². The number of nitrogens with two attached hydrogens (primary N) is 1. The topological polar surface area (TPSA) is 55.6 Å². The fourth-order valence-electron chi connectivity index (χ4n) is 2.30. The fraction of sp³-hybridized carbons (Fsp3) is 0.533. The zero-order chi connectivity index (χ0) is 15.8. The third-order valence-corrected chi connectivity index (χ3v) is 3.30. The van der Waals surface area contributed by atoms with Gasteiger partial charge in [-0.05, 0) is 50.5 Å². The van der Waals surface area contributed by atoms with Crippen molar-refractivity contribution in [1.29, 1.82) is 0 Å². The zero-order valence-electron chi connectivity index (χ0n) is 12.5. The molecule has 2 N–H and O–H groups in total. The molecule has 116 valence electrons. The average Bonchev–Trinajstić information content (AvgIpc) is 2.49. The van der Waals surface area contributed by atoms with E-state index >= 15 is 0 Å². The standard InChI is InChI=1S/C15H20F2N2O2/c1-15(2,3)21-14(20)19-5-4-13(18)10-7-12(17)11(16)6-9(10)8-19/h6-7,13H,4-5,8,18H2,1-3H3/t13-/m0/s1. The molecular formula is C15H20F2N2O2. The van der Waals surface area contributed by atoms with Crippen molar-refractivity contribution in [2.75, 3.05) is 6.54 Å². The van der Waals surface area contributed by atoms with E-state index in [1.807, 2.05) is 0 Å². The number of amides is 1. The van der Waals surface area contributed by atoms with Gasteiger partial charge in [-0.15, -0.1) is 0 Å². The number of rotatable bonds is 0. The molecule has 1 aromatic carbocycles. The molecule has 0 saturated carbocycles. The Morgan fingerprint density at radius 3 is 2.57 bits per heavy atom. The molecule has 1 aromatic rings. The van der Waals surface area contributed by atoms with E-state index in [2.05, 4.69) is 0 Å². The van der Waals surface area contributed by atoms with Crippen LogP contribution in [0.25, 0.3) is 0 Å². The van der Waals surface area contributed by atoms with E-state index < -0.39 is 29.4 Å². The van der Waals surface area contributed by atoms with Gasteiger partial charge in [0.25, 0.3) is 0 Å². The van der Waals surface area contributed by atoms with Gasteiger partial charge >= 0.3 is 6.09 Å². The maximum absolute atomic E-state index is 13.4. The molecule has 0 bridgehead atoms. The SMILES string of the molecule is CC(C)(C)OC(=O)N1CC[C@H](N)c2cc(F)c(F)cc2C1. The monoisotopic (exact) mass is 298 g/mol. The van der Waals surface area contributed by atoms with Gasteiger partial charge in [0.15, 0.2) is 11.6 Å². The lowest BCUT2D eigenvalue weighted by Gasteiger charge is -2.26. The minimum atomic E-state index is -0.938. The number of hydrogen-bond acceptors (Lipinski definition) is 3. The van der Waals surface area contributed by atoms with Crippen molar-refractivity contribution < 1.29 is 18.3 Å². The largest absolute Gasteiger partial charge is 0.444 e. The molecule has 0 radical (unpaired) electrons. The van der Waals surface area contributed by atoms with Gasteiger partial charge in [0.2, 0.25) is 0 Å². The van der Waals surface area contributed by atoms with E-state index in [0.29, 0.717) is 24.1 Å². The summed E-state index contributed by atoms with van der Waals surface area (Å²) in [5.74, 6) is -1.86. The molecule has 0 unspecified atom stereocenters. The number of hydrogen-bond donors (Lipinski definition) is 1. The Labute approximate surface area is 122 Å². The van der Waals surface area contributed by atoms with E-state index in [9.17, 15) is 13.6 Å². The molecule has 0 saturated heterocycles. The number of halogens is 2. The molecule has 1 aliphatic rings. The van der Waals surface area contributed by atoms with Gasteiger partial charge in [-0.3, -0.25) is 0 Å². The summed E-state index contributed by atoms with van der Waals surface area (Å²) in [5, 5.41) is 0. The Morgan fingerprint density at radius 2 is 1.95 bits per heavy atom. The molecular weight excluding hydrogens is 278 g/mol. The lowest BCUT2D eigenvalue weighted by molar-refractivity contribution is 0.0234. The highest BCUT2D eigenvalue weighted by Crippen LogP contribution is 2.28. The highest BCUT2D eigenvalue weighted by molar-refractivity contribution is 5.68. The van der Waals surface area contributed by atoms with Gasteiger partial charge in [0.1, 0.15) is 5.60 Å². The van der Waals surface area contributed by atoms with Crippen molar-refractivity contribution in [1.82, 2.24) is 4.90 Å². The van der Waals surface area contributed by atoms with Crippen LogP contribution in [0.5, 0.6) is 0 Å². The minimum Gasteiger partial charge on any atom is -0.444 e. The van der Waals surface area contributed by atoms with Crippen LogP contribution >= 0.6 is 0 Å². The Morgan fingerprint density at radius 1 is 1.33 bits per heavy atom. The molecule has 1 aliphatic heterocycles. The quantitative estimate of drug-likeness (QED) is 0.800. The van der Waals surface area contributed by atoms with Crippen LogP contribution in [0.15, 0.2) is 12.1 Å². The summed E-state index contributed by atoms with van der Waals surface area (Å²) >= 11 is 0. The number of nitrogens with zero attached hydrogens (tertiary/aromatic N) is 1. The van der Waals surface area contributed by atoms with Crippen molar-refractivity contribution in [2.24, 2.45) is 5.73 Å². The predicted octanol–water partition coefficient (Wildman–Crippen LogP) is 3.11. The van der Waals surface area contributed by atoms with Crippen molar-refractivity contribution in [3.05, 3.63) is 34.9 Å². The molecule has 4 nitrogen and oxygen atoms in total. The Hall–Kier alpha value is -1.69. The van der Waals surface area contributed by atoms with E-state index in [1.54, 1.807) is 20.8 Å². The van der Waals surface area contributed by atoms with Gasteiger partial charge in [-0.2, -0.15) is 0 Å². The van der Waals surface area contributed by atoms with Crippen molar-refractivity contribution in [2.45, 2.75) is 45.4 Å². The molecule has 0 fully saturated rings. The number of ether oxygens (including phenoxy) is 1. The normalized spacial score (nSPS) is 19.0. The lowest BCUT2D eigenvalue weighted by Crippen LogP contribution is -2.36. The van der Waals surface area contributed by atoms with Crippen molar-refractivity contribution in [3.8, 4) is 0 Å². The van der Waals surface area contributed by atoms with E-state index in [0.717, 1.165) is 12.1 Å². The first-order valence-electron chi connectivity index (χ1n) is 6.88. The zero-order valence-corrected chi connectivity index (χ0v) is 12.5. The molecule has 0 spiro atoms. The average molecular weight is 298 g/mol. The highest BCUT2D eigenvalue weighted by atomic mass is 19.2. The van der Waals surface area contributed by atoms with Crippen LogP contribution in [-0.4, -0.2) is 23.1 Å². The second-order valence-corrected chi connectivity index (χ2v) is 6.26. The third-order valence-electron chi connectivity index (χ3n) is 3.30. The van der Waals surface area contributed by atoms with Gasteiger partial charge < -0.3 is 15.4 Å². The molecule has 21 heavy (non-hydrogen) atoms. The summed E-state index contributed by atoms with van der Waals surface area (Å²) in [4.78, 5) is 13.6. The Kier molecular flexibility index (Phi) is 4.18. The summed E-state index contributed by atoms with van der Waals surface area (Å²) in [7, 11) is 0. The number of benzene rings is 1. The van der Waals surface area contributed by atoms with Crippen LogP contribution in [0.2, 0.25) is 0 Å². The first-order valence-corrected chi connectivity index (χ1v) is 6.88. The summed E-state index contributed by atoms with van der Waals surface area (Å²) in [5.41, 5.74) is 6.44. The van der Waals surface area contributed by atoms with Gasteiger partial charge in [0, 0.05) is 19.1 Å². The van der Waals surface area contributed by atoms with Gasteiger partial charge in [-0.1, -0.05) is 0 Å². The first-order chi connectivity index (χ1) is 9.67. The van der Waals surface area contributed by atoms with E-state index in [1.165, 1.54) is 4.90 Å². The summed E-state index contributed by atoms with van der Waals surface area (Å²) in [6.45, 7) is 5.87. The van der Waals surface area contributed by atoms with Crippen LogP contribution in [0.1, 0.15) is 44.4 Å². The smallest absolute Gasteiger partial charge is 0.410 e. The minimum absolute atomic E-state index is 0.162. The summed E-state index contributed by atoms with van der Waals surface area (Å²) in [6, 6.07) is 1.80. The molecule has 1 atom stereocenters.